The molecule has 3 nitrogen and oxygen atoms in total. The van der Waals surface area contributed by atoms with E-state index in [1.165, 1.54) is 12.1 Å². The first-order valence-electron chi connectivity index (χ1n) is 4.26. The van der Waals surface area contributed by atoms with E-state index in [1.807, 2.05) is 6.08 Å². The maximum absolute atomic E-state index is 10.9. The Hall–Kier alpha value is -1.13. The lowest BCUT2D eigenvalue weighted by Crippen LogP contribution is -2.11. The summed E-state index contributed by atoms with van der Waals surface area (Å²) < 4.78 is 21.8. The van der Waals surface area contributed by atoms with E-state index < -0.39 is 10.0 Å². The average molecular weight is 211 g/mol. The molecule has 0 aliphatic heterocycles. The van der Waals surface area contributed by atoms with Gasteiger partial charge in [0, 0.05) is 0 Å². The molecule has 0 unspecified atom stereocenters. The van der Waals surface area contributed by atoms with E-state index in [4.69, 9.17) is 5.14 Å². The molecule has 76 valence electrons. The molecule has 0 aliphatic carbocycles. The lowest BCUT2D eigenvalue weighted by atomic mass is 10.1. The van der Waals surface area contributed by atoms with Crippen LogP contribution in [0.25, 0.3) is 0 Å². The molecular weight excluding hydrogens is 198 g/mol. The van der Waals surface area contributed by atoms with Crippen molar-refractivity contribution >= 4 is 10.0 Å². The molecule has 1 rings (SSSR count). The van der Waals surface area contributed by atoms with Gasteiger partial charge in [-0.3, -0.25) is 0 Å². The topological polar surface area (TPSA) is 60.2 Å². The van der Waals surface area contributed by atoms with Crippen LogP contribution in [0, 0.1) is 0 Å². The van der Waals surface area contributed by atoms with Crippen LogP contribution in [0.3, 0.4) is 0 Å². The van der Waals surface area contributed by atoms with Crippen molar-refractivity contribution in [1.82, 2.24) is 0 Å². The molecule has 0 amide bonds. The van der Waals surface area contributed by atoms with E-state index in [0.717, 1.165) is 18.4 Å². The lowest BCUT2D eigenvalue weighted by Gasteiger charge is -2.00. The van der Waals surface area contributed by atoms with Gasteiger partial charge in [-0.05, 0) is 30.5 Å². The standard InChI is InChI=1S/C10H13NO2S/c1-2-3-4-9-5-7-10(8-6-9)14(11,12)13/h2,5-8H,1,3-4H2,(H2,11,12,13). The summed E-state index contributed by atoms with van der Waals surface area (Å²) in [7, 11) is -3.56. The minimum atomic E-state index is -3.56. The van der Waals surface area contributed by atoms with Gasteiger partial charge in [0.05, 0.1) is 4.90 Å². The molecule has 0 aliphatic rings. The van der Waals surface area contributed by atoms with Gasteiger partial charge in [0.1, 0.15) is 0 Å². The van der Waals surface area contributed by atoms with Crippen molar-refractivity contribution in [3.8, 4) is 0 Å². The largest absolute Gasteiger partial charge is 0.238 e. The Morgan fingerprint density at radius 1 is 1.29 bits per heavy atom. The Bertz CT molecular complexity index is 406. The molecule has 0 bridgehead atoms. The first kappa shape index (κ1) is 10.9. The zero-order chi connectivity index (χ0) is 10.6. The van der Waals surface area contributed by atoms with E-state index in [2.05, 4.69) is 6.58 Å². The SMILES string of the molecule is C=CCCc1ccc(S(N)(=O)=O)cc1. The molecule has 0 fully saturated rings. The summed E-state index contributed by atoms with van der Waals surface area (Å²) in [6.07, 6.45) is 3.58. The average Bonchev–Trinajstić information content (AvgIpc) is 2.14. The van der Waals surface area contributed by atoms with Gasteiger partial charge in [0.2, 0.25) is 10.0 Å². The highest BCUT2D eigenvalue weighted by molar-refractivity contribution is 7.89. The molecule has 0 radical (unpaired) electrons. The van der Waals surface area contributed by atoms with Crippen molar-refractivity contribution in [1.29, 1.82) is 0 Å². The third-order valence-corrected chi connectivity index (χ3v) is 2.82. The van der Waals surface area contributed by atoms with Crippen LogP contribution in [0.15, 0.2) is 41.8 Å². The highest BCUT2D eigenvalue weighted by atomic mass is 32.2. The van der Waals surface area contributed by atoms with E-state index >= 15 is 0 Å². The highest BCUT2D eigenvalue weighted by Crippen LogP contribution is 2.10. The van der Waals surface area contributed by atoms with E-state index in [9.17, 15) is 8.42 Å². The number of primary sulfonamides is 1. The molecule has 14 heavy (non-hydrogen) atoms. The number of rotatable bonds is 4. The quantitative estimate of drug-likeness (QED) is 0.766. The molecule has 0 saturated carbocycles. The van der Waals surface area contributed by atoms with Crippen molar-refractivity contribution in [2.24, 2.45) is 5.14 Å². The Labute approximate surface area is 84.3 Å². The third kappa shape index (κ3) is 2.97. The van der Waals surface area contributed by atoms with Gasteiger partial charge in [-0.2, -0.15) is 0 Å². The van der Waals surface area contributed by atoms with Crippen LogP contribution in [0.4, 0.5) is 0 Å². The van der Waals surface area contributed by atoms with Gasteiger partial charge in [0.25, 0.3) is 0 Å². The highest BCUT2D eigenvalue weighted by Gasteiger charge is 2.05. The summed E-state index contributed by atoms with van der Waals surface area (Å²) in [6.45, 7) is 3.62. The van der Waals surface area contributed by atoms with Gasteiger partial charge in [-0.1, -0.05) is 18.2 Å². The normalized spacial score (nSPS) is 11.2. The van der Waals surface area contributed by atoms with E-state index in [1.54, 1.807) is 12.1 Å². The van der Waals surface area contributed by atoms with Crippen LogP contribution in [0.5, 0.6) is 0 Å². The molecule has 0 spiro atoms. The molecule has 0 atom stereocenters. The number of hydrogen-bond acceptors (Lipinski definition) is 2. The fourth-order valence-electron chi connectivity index (χ4n) is 1.11. The Kier molecular flexibility index (Phi) is 3.43. The molecule has 0 saturated heterocycles. The molecule has 1 aromatic rings. The molecule has 4 heteroatoms. The summed E-state index contributed by atoms with van der Waals surface area (Å²) >= 11 is 0. The first-order valence-corrected chi connectivity index (χ1v) is 5.81. The summed E-state index contributed by atoms with van der Waals surface area (Å²) in [4.78, 5) is 0.153. The molecule has 2 N–H and O–H groups in total. The van der Waals surface area contributed by atoms with Crippen LogP contribution >= 0.6 is 0 Å². The molecule has 0 heterocycles. The summed E-state index contributed by atoms with van der Waals surface area (Å²) in [5.41, 5.74) is 1.08. The fourth-order valence-corrected chi connectivity index (χ4v) is 1.63. The Balaban J connectivity index is 2.84. The number of benzene rings is 1. The number of aryl methyl sites for hydroxylation is 1. The zero-order valence-electron chi connectivity index (χ0n) is 7.81. The minimum Gasteiger partial charge on any atom is -0.225 e. The van der Waals surface area contributed by atoms with E-state index in [-0.39, 0.29) is 4.90 Å². The fraction of sp³-hybridized carbons (Fsp3) is 0.200. The number of allylic oxidation sites excluding steroid dienone is 1. The van der Waals surface area contributed by atoms with Gasteiger partial charge in [-0.25, -0.2) is 13.6 Å². The van der Waals surface area contributed by atoms with Crippen molar-refractivity contribution in [2.45, 2.75) is 17.7 Å². The second-order valence-electron chi connectivity index (χ2n) is 3.02. The number of sulfonamides is 1. The lowest BCUT2D eigenvalue weighted by molar-refractivity contribution is 0.598. The maximum Gasteiger partial charge on any atom is 0.238 e. The smallest absolute Gasteiger partial charge is 0.225 e. The van der Waals surface area contributed by atoms with Crippen molar-refractivity contribution in [3.05, 3.63) is 42.5 Å². The second-order valence-corrected chi connectivity index (χ2v) is 4.58. The first-order chi connectivity index (χ1) is 6.54. The second kappa shape index (κ2) is 4.39. The van der Waals surface area contributed by atoms with Crippen molar-refractivity contribution < 1.29 is 8.42 Å². The third-order valence-electron chi connectivity index (χ3n) is 1.89. The van der Waals surface area contributed by atoms with Crippen LogP contribution < -0.4 is 5.14 Å². The van der Waals surface area contributed by atoms with Gasteiger partial charge in [-0.15, -0.1) is 6.58 Å². The Morgan fingerprint density at radius 2 is 1.86 bits per heavy atom. The monoisotopic (exact) mass is 211 g/mol. The van der Waals surface area contributed by atoms with E-state index in [0.29, 0.717) is 0 Å². The number of nitrogens with two attached hydrogens (primary N) is 1. The van der Waals surface area contributed by atoms with Crippen LogP contribution in [0.1, 0.15) is 12.0 Å². The van der Waals surface area contributed by atoms with Crippen LogP contribution in [-0.4, -0.2) is 8.42 Å². The van der Waals surface area contributed by atoms with Gasteiger partial charge >= 0.3 is 0 Å². The zero-order valence-corrected chi connectivity index (χ0v) is 8.63. The molecule has 1 aromatic carbocycles. The molecule has 0 aromatic heterocycles. The van der Waals surface area contributed by atoms with Crippen LogP contribution in [0.2, 0.25) is 0 Å². The van der Waals surface area contributed by atoms with Crippen molar-refractivity contribution in [3.63, 3.8) is 0 Å². The predicted octanol–water partition coefficient (Wildman–Crippen LogP) is 1.45. The minimum absolute atomic E-state index is 0.153. The van der Waals surface area contributed by atoms with Gasteiger partial charge < -0.3 is 0 Å². The summed E-state index contributed by atoms with van der Waals surface area (Å²) in [5, 5.41) is 4.96. The summed E-state index contributed by atoms with van der Waals surface area (Å²) in [6, 6.07) is 6.58. The Morgan fingerprint density at radius 3 is 2.29 bits per heavy atom. The van der Waals surface area contributed by atoms with Gasteiger partial charge in [0.15, 0.2) is 0 Å². The van der Waals surface area contributed by atoms with Crippen molar-refractivity contribution in [2.75, 3.05) is 0 Å². The van der Waals surface area contributed by atoms with Crippen LogP contribution in [-0.2, 0) is 16.4 Å². The maximum atomic E-state index is 10.9. The number of hydrogen-bond donors (Lipinski definition) is 1. The summed E-state index contributed by atoms with van der Waals surface area (Å²) in [5.74, 6) is 0. The predicted molar refractivity (Wildman–Crippen MR) is 56.3 cm³/mol. The molecular formula is C10H13NO2S.